The summed E-state index contributed by atoms with van der Waals surface area (Å²) in [5, 5.41) is 14.1. The molecule has 0 radical (unpaired) electrons. The van der Waals surface area contributed by atoms with Crippen molar-refractivity contribution in [3.05, 3.63) is 48.0 Å². The molecule has 3 rings (SSSR count). The molecule has 5 nitrogen and oxygen atoms in total. The van der Waals surface area contributed by atoms with Gasteiger partial charge in [0, 0.05) is 17.6 Å². The lowest BCUT2D eigenvalue weighted by molar-refractivity contribution is -0.139. The van der Waals surface area contributed by atoms with Crippen LogP contribution in [-0.2, 0) is 4.79 Å². The third-order valence-electron chi connectivity index (χ3n) is 4.72. The first-order valence-electron chi connectivity index (χ1n) is 8.32. The number of nitrogens with zero attached hydrogens (tertiary/aromatic N) is 1. The molecule has 2 aromatic carbocycles. The molecule has 5 heteroatoms. The van der Waals surface area contributed by atoms with Crippen LogP contribution < -0.4 is 5.32 Å². The summed E-state index contributed by atoms with van der Waals surface area (Å²) < 4.78 is 0. The second-order valence-electron chi connectivity index (χ2n) is 6.31. The van der Waals surface area contributed by atoms with Crippen LogP contribution in [0.1, 0.15) is 30.1 Å². The summed E-state index contributed by atoms with van der Waals surface area (Å²) in [6.45, 7) is 2.73. The molecule has 0 bridgehead atoms. The fourth-order valence-electron chi connectivity index (χ4n) is 3.28. The van der Waals surface area contributed by atoms with Crippen molar-refractivity contribution < 1.29 is 14.7 Å². The van der Waals surface area contributed by atoms with Crippen LogP contribution in [-0.4, -0.2) is 47.1 Å². The van der Waals surface area contributed by atoms with Gasteiger partial charge in [-0.3, -0.25) is 14.5 Å². The van der Waals surface area contributed by atoms with Gasteiger partial charge in [0.05, 0.1) is 6.54 Å². The monoisotopic (exact) mass is 326 g/mol. The van der Waals surface area contributed by atoms with E-state index in [0.29, 0.717) is 12.1 Å². The number of carboxylic acids is 1. The van der Waals surface area contributed by atoms with Crippen molar-refractivity contribution in [2.45, 2.75) is 31.8 Å². The van der Waals surface area contributed by atoms with Gasteiger partial charge in [-0.05, 0) is 42.3 Å². The van der Waals surface area contributed by atoms with E-state index in [4.69, 9.17) is 5.11 Å². The minimum Gasteiger partial charge on any atom is -0.480 e. The highest BCUT2D eigenvalue weighted by Crippen LogP contribution is 2.26. The van der Waals surface area contributed by atoms with Gasteiger partial charge in [-0.2, -0.15) is 0 Å². The molecular weight excluding hydrogens is 304 g/mol. The number of nitrogens with one attached hydrogen (secondary N) is 1. The summed E-state index contributed by atoms with van der Waals surface area (Å²) >= 11 is 0. The average Bonchev–Trinajstić information content (AvgIpc) is 2.55. The number of carbonyl (C=O) groups excluding carboxylic acids is 1. The zero-order chi connectivity index (χ0) is 17.1. The van der Waals surface area contributed by atoms with Gasteiger partial charge in [0.15, 0.2) is 0 Å². The number of amides is 1. The number of fused-ring (bicyclic) bond motifs is 1. The predicted molar refractivity (Wildman–Crippen MR) is 93.1 cm³/mol. The van der Waals surface area contributed by atoms with Crippen molar-refractivity contribution in [2.24, 2.45) is 0 Å². The maximum Gasteiger partial charge on any atom is 0.317 e. The number of carbonyl (C=O) groups is 2. The molecule has 1 aliphatic rings. The molecule has 0 unspecified atom stereocenters. The minimum atomic E-state index is -0.805. The standard InChI is InChI=1S/C19H22N2O3/c1-2-21(12-18(22)23)17-10-16(11-17)20-19(24)15-8-7-13-5-3-4-6-14(13)9-15/h3-9,16-17H,2,10-12H2,1H3,(H,20,24)(H,22,23). The Hall–Kier alpha value is -2.40. The quantitative estimate of drug-likeness (QED) is 0.856. The highest BCUT2D eigenvalue weighted by Gasteiger charge is 2.34. The Morgan fingerprint density at radius 3 is 2.54 bits per heavy atom. The Morgan fingerprint density at radius 1 is 1.17 bits per heavy atom. The van der Waals surface area contributed by atoms with Gasteiger partial charge >= 0.3 is 5.97 Å². The van der Waals surface area contributed by atoms with Crippen molar-refractivity contribution in [1.29, 1.82) is 0 Å². The topological polar surface area (TPSA) is 69.6 Å². The molecule has 1 fully saturated rings. The molecule has 2 aromatic rings. The average molecular weight is 326 g/mol. The zero-order valence-electron chi connectivity index (χ0n) is 13.7. The van der Waals surface area contributed by atoms with Crippen LogP contribution in [0.5, 0.6) is 0 Å². The molecule has 2 N–H and O–H groups in total. The first-order chi connectivity index (χ1) is 11.6. The van der Waals surface area contributed by atoms with Gasteiger partial charge in [-0.15, -0.1) is 0 Å². The number of likely N-dealkylation sites (N-methyl/N-ethyl adjacent to an activating group) is 1. The Balaban J connectivity index is 1.57. The molecule has 0 heterocycles. The fraction of sp³-hybridized carbons (Fsp3) is 0.368. The molecule has 0 spiro atoms. The molecule has 24 heavy (non-hydrogen) atoms. The molecular formula is C19H22N2O3. The number of hydrogen-bond acceptors (Lipinski definition) is 3. The first kappa shape index (κ1) is 16.5. The summed E-state index contributed by atoms with van der Waals surface area (Å²) in [6, 6.07) is 14.0. The van der Waals surface area contributed by atoms with Crippen molar-refractivity contribution in [3.63, 3.8) is 0 Å². The second-order valence-corrected chi connectivity index (χ2v) is 6.31. The van der Waals surface area contributed by atoms with E-state index in [-0.39, 0.29) is 24.5 Å². The van der Waals surface area contributed by atoms with Crippen molar-refractivity contribution in [3.8, 4) is 0 Å². The van der Waals surface area contributed by atoms with Gasteiger partial charge in [0.2, 0.25) is 0 Å². The summed E-state index contributed by atoms with van der Waals surface area (Å²) in [4.78, 5) is 25.2. The maximum absolute atomic E-state index is 12.4. The van der Waals surface area contributed by atoms with E-state index in [1.807, 2.05) is 54.3 Å². The Labute approximate surface area is 141 Å². The number of rotatable bonds is 6. The van der Waals surface area contributed by atoms with E-state index in [9.17, 15) is 9.59 Å². The lowest BCUT2D eigenvalue weighted by atomic mass is 9.85. The van der Waals surface area contributed by atoms with Gasteiger partial charge in [0.25, 0.3) is 5.91 Å². The molecule has 0 aliphatic heterocycles. The van der Waals surface area contributed by atoms with E-state index in [1.54, 1.807) is 0 Å². The third-order valence-corrected chi connectivity index (χ3v) is 4.72. The second kappa shape index (κ2) is 7.01. The minimum absolute atomic E-state index is 0.0620. The van der Waals surface area contributed by atoms with Crippen LogP contribution in [0, 0.1) is 0 Å². The van der Waals surface area contributed by atoms with Crippen LogP contribution in [0.25, 0.3) is 10.8 Å². The van der Waals surface area contributed by atoms with Gasteiger partial charge in [-0.1, -0.05) is 37.3 Å². The maximum atomic E-state index is 12.4. The van der Waals surface area contributed by atoms with Crippen LogP contribution in [0.4, 0.5) is 0 Å². The number of aliphatic carboxylic acids is 1. The van der Waals surface area contributed by atoms with Crippen molar-refractivity contribution >= 4 is 22.6 Å². The van der Waals surface area contributed by atoms with Gasteiger partial charge in [-0.25, -0.2) is 0 Å². The Bertz CT molecular complexity index is 753. The Morgan fingerprint density at radius 2 is 1.88 bits per heavy atom. The largest absolute Gasteiger partial charge is 0.480 e. The summed E-state index contributed by atoms with van der Waals surface area (Å²) in [5.41, 5.74) is 0.662. The first-order valence-corrected chi connectivity index (χ1v) is 8.32. The zero-order valence-corrected chi connectivity index (χ0v) is 13.7. The summed E-state index contributed by atoms with van der Waals surface area (Å²) in [6.07, 6.45) is 1.61. The number of benzene rings is 2. The highest BCUT2D eigenvalue weighted by molar-refractivity contribution is 5.98. The fourth-order valence-corrected chi connectivity index (χ4v) is 3.28. The van der Waals surface area contributed by atoms with E-state index in [2.05, 4.69) is 5.32 Å². The third kappa shape index (κ3) is 3.57. The van der Waals surface area contributed by atoms with Gasteiger partial charge < -0.3 is 10.4 Å². The number of hydrogen-bond donors (Lipinski definition) is 2. The molecule has 1 aliphatic carbocycles. The van der Waals surface area contributed by atoms with Crippen molar-refractivity contribution in [1.82, 2.24) is 10.2 Å². The van der Waals surface area contributed by atoms with Crippen LogP contribution in [0.2, 0.25) is 0 Å². The number of carboxylic acid groups (broad SMARTS) is 1. The van der Waals surface area contributed by atoms with Crippen molar-refractivity contribution in [2.75, 3.05) is 13.1 Å². The predicted octanol–water partition coefficient (Wildman–Crippen LogP) is 2.51. The van der Waals surface area contributed by atoms with E-state index in [1.165, 1.54) is 0 Å². The normalized spacial score (nSPS) is 19.9. The van der Waals surface area contributed by atoms with Gasteiger partial charge in [0.1, 0.15) is 0 Å². The molecule has 126 valence electrons. The lowest BCUT2D eigenvalue weighted by Gasteiger charge is -2.42. The van der Waals surface area contributed by atoms with Crippen LogP contribution >= 0.6 is 0 Å². The highest BCUT2D eigenvalue weighted by atomic mass is 16.4. The molecule has 0 atom stereocenters. The SMILES string of the molecule is CCN(CC(=O)O)C1CC(NC(=O)c2ccc3ccccc3c2)C1. The van der Waals surface area contributed by atoms with E-state index in [0.717, 1.165) is 23.6 Å². The Kier molecular flexibility index (Phi) is 4.81. The van der Waals surface area contributed by atoms with E-state index < -0.39 is 5.97 Å². The van der Waals surface area contributed by atoms with Crippen LogP contribution in [0.15, 0.2) is 42.5 Å². The smallest absolute Gasteiger partial charge is 0.317 e. The summed E-state index contributed by atoms with van der Waals surface area (Å²) in [5.74, 6) is -0.869. The molecule has 1 amide bonds. The molecule has 0 saturated heterocycles. The van der Waals surface area contributed by atoms with Crippen LogP contribution in [0.3, 0.4) is 0 Å². The van der Waals surface area contributed by atoms with E-state index >= 15 is 0 Å². The lowest BCUT2D eigenvalue weighted by Crippen LogP contribution is -2.54. The molecule has 1 saturated carbocycles. The summed E-state index contributed by atoms with van der Waals surface area (Å²) in [7, 11) is 0. The molecule has 0 aromatic heterocycles.